The highest BCUT2D eigenvalue weighted by molar-refractivity contribution is 7.99. The molecule has 10 heteroatoms. The van der Waals surface area contributed by atoms with Crippen LogP contribution in [0.4, 0.5) is 11.8 Å². The van der Waals surface area contributed by atoms with Gasteiger partial charge in [-0.2, -0.15) is 0 Å². The average molecular weight is 441 g/mol. The predicted molar refractivity (Wildman–Crippen MR) is 117 cm³/mol. The van der Waals surface area contributed by atoms with Crippen LogP contribution in [0.25, 0.3) is 11.3 Å². The van der Waals surface area contributed by atoms with E-state index in [-0.39, 0.29) is 11.7 Å². The first-order chi connectivity index (χ1) is 15.2. The van der Waals surface area contributed by atoms with Gasteiger partial charge in [0.2, 0.25) is 17.7 Å². The van der Waals surface area contributed by atoms with Crippen molar-refractivity contribution in [3.63, 3.8) is 0 Å². The first kappa shape index (κ1) is 20.1. The van der Waals surface area contributed by atoms with E-state index >= 15 is 0 Å². The number of benzene rings is 1. The van der Waals surface area contributed by atoms with E-state index < -0.39 is 0 Å². The number of anilines is 2. The van der Waals surface area contributed by atoms with E-state index in [2.05, 4.69) is 30.1 Å². The van der Waals surface area contributed by atoms with Gasteiger partial charge in [0.05, 0.1) is 19.0 Å². The van der Waals surface area contributed by atoms with Gasteiger partial charge in [0.15, 0.2) is 5.16 Å². The van der Waals surface area contributed by atoms with E-state index in [1.165, 1.54) is 17.3 Å². The van der Waals surface area contributed by atoms with E-state index in [1.807, 2.05) is 31.2 Å². The van der Waals surface area contributed by atoms with E-state index in [0.29, 0.717) is 30.8 Å². The summed E-state index contributed by atoms with van der Waals surface area (Å²) in [7, 11) is 0. The predicted octanol–water partition coefficient (Wildman–Crippen LogP) is 3.14. The molecule has 0 radical (unpaired) electrons. The number of rotatable bonds is 7. The normalized spacial score (nSPS) is 16.5. The van der Waals surface area contributed by atoms with Gasteiger partial charge in [0.25, 0.3) is 0 Å². The topological polar surface area (TPSA) is 98.3 Å². The minimum absolute atomic E-state index is 0.171. The Hall–Kier alpha value is -2.85. The number of thioether (sulfide) groups is 1. The quantitative estimate of drug-likeness (QED) is 0.560. The number of nitrogens with zero attached hydrogens (tertiary/aromatic N) is 5. The second kappa shape index (κ2) is 8.72. The number of carbonyl (C=O) groups excluding carboxylic acids is 1. The lowest BCUT2D eigenvalue weighted by atomic mass is 10.1. The molecule has 0 bridgehead atoms. The maximum absolute atomic E-state index is 12.5. The maximum Gasteiger partial charge on any atom is 0.237 e. The van der Waals surface area contributed by atoms with Gasteiger partial charge in [-0.3, -0.25) is 14.7 Å². The Bertz CT molecular complexity index is 1050. The molecule has 1 amide bonds. The number of morpholine rings is 1. The first-order valence-electron chi connectivity index (χ1n) is 10.4. The van der Waals surface area contributed by atoms with Crippen LogP contribution >= 0.6 is 11.8 Å². The smallest absolute Gasteiger partial charge is 0.237 e. The molecule has 1 saturated heterocycles. The molecule has 1 aliphatic heterocycles. The molecule has 162 valence electrons. The molecule has 0 unspecified atom stereocenters. The Morgan fingerprint density at radius 3 is 2.71 bits per heavy atom. The van der Waals surface area contributed by atoms with Crippen LogP contribution < -0.4 is 10.2 Å². The lowest BCUT2D eigenvalue weighted by Crippen LogP contribution is -2.38. The first-order valence-corrected chi connectivity index (χ1v) is 11.4. The molecule has 5 rings (SSSR count). The van der Waals surface area contributed by atoms with E-state index in [0.717, 1.165) is 42.6 Å². The average Bonchev–Trinajstić information content (AvgIpc) is 3.37. The molecule has 2 fully saturated rings. The van der Waals surface area contributed by atoms with Gasteiger partial charge >= 0.3 is 0 Å². The Kier molecular flexibility index (Phi) is 5.65. The lowest BCUT2D eigenvalue weighted by molar-refractivity contribution is -0.113. The largest absolute Gasteiger partial charge is 0.378 e. The van der Waals surface area contributed by atoms with Crippen molar-refractivity contribution >= 4 is 29.5 Å². The van der Waals surface area contributed by atoms with E-state index in [9.17, 15) is 4.79 Å². The third kappa shape index (κ3) is 4.59. The van der Waals surface area contributed by atoms with Crippen molar-refractivity contribution in [2.45, 2.75) is 31.0 Å². The molecule has 2 aromatic heterocycles. The van der Waals surface area contributed by atoms with Crippen molar-refractivity contribution in [2.24, 2.45) is 0 Å². The van der Waals surface area contributed by atoms with E-state index in [1.54, 1.807) is 6.07 Å². The number of aromatic nitrogens is 4. The summed E-state index contributed by atoms with van der Waals surface area (Å²) < 4.78 is 12.9. The van der Waals surface area contributed by atoms with Crippen LogP contribution in [-0.2, 0) is 9.53 Å². The fourth-order valence-corrected chi connectivity index (χ4v) is 4.30. The standard InChI is InChI=1S/C21H24N6O3S/c1-14-2-4-15(5-3-14)17-12-19(30-25-17)22-18(28)13-31-21-24-23-20(27(21)16-6-7-16)26-8-10-29-11-9-26/h2-5,12,16H,6-11,13H2,1H3,(H,22,28). The van der Waals surface area contributed by atoms with Gasteiger partial charge < -0.3 is 14.2 Å². The Labute approximate surface area is 184 Å². The molecule has 1 aromatic carbocycles. The third-order valence-corrected chi connectivity index (χ3v) is 6.25. The number of ether oxygens (including phenoxy) is 1. The second-order valence-corrected chi connectivity index (χ2v) is 8.70. The number of carbonyl (C=O) groups is 1. The van der Waals surface area contributed by atoms with Gasteiger partial charge in [0.1, 0.15) is 5.69 Å². The fraction of sp³-hybridized carbons (Fsp3) is 0.429. The van der Waals surface area contributed by atoms with Crippen LogP contribution in [0.5, 0.6) is 0 Å². The molecule has 9 nitrogen and oxygen atoms in total. The summed E-state index contributed by atoms with van der Waals surface area (Å²) in [6.45, 7) is 5.05. The Balaban J connectivity index is 1.21. The molecule has 2 aliphatic rings. The monoisotopic (exact) mass is 440 g/mol. The minimum atomic E-state index is -0.171. The minimum Gasteiger partial charge on any atom is -0.378 e. The van der Waals surface area contributed by atoms with Gasteiger partial charge in [-0.1, -0.05) is 46.7 Å². The van der Waals surface area contributed by atoms with Crippen LogP contribution in [0.3, 0.4) is 0 Å². The highest BCUT2D eigenvalue weighted by Crippen LogP contribution is 2.41. The molecule has 31 heavy (non-hydrogen) atoms. The van der Waals surface area contributed by atoms with Crippen molar-refractivity contribution in [2.75, 3.05) is 42.3 Å². The molecule has 0 atom stereocenters. The number of amides is 1. The highest BCUT2D eigenvalue weighted by Gasteiger charge is 2.32. The third-order valence-electron chi connectivity index (χ3n) is 5.30. The van der Waals surface area contributed by atoms with Crippen molar-refractivity contribution in [1.29, 1.82) is 0 Å². The SMILES string of the molecule is Cc1ccc(-c2cc(NC(=O)CSc3nnc(N4CCOCC4)n3C3CC3)on2)cc1. The number of hydrogen-bond acceptors (Lipinski definition) is 8. The Morgan fingerprint density at radius 1 is 1.19 bits per heavy atom. The summed E-state index contributed by atoms with van der Waals surface area (Å²) in [5, 5.41) is 16.4. The van der Waals surface area contributed by atoms with Gasteiger partial charge in [-0.05, 0) is 19.8 Å². The van der Waals surface area contributed by atoms with Crippen LogP contribution in [0.15, 0.2) is 40.0 Å². The zero-order valence-electron chi connectivity index (χ0n) is 17.3. The summed E-state index contributed by atoms with van der Waals surface area (Å²) in [6, 6.07) is 10.1. The molecule has 3 aromatic rings. The Morgan fingerprint density at radius 2 is 1.97 bits per heavy atom. The van der Waals surface area contributed by atoms with Gasteiger partial charge in [0, 0.05) is 30.8 Å². The van der Waals surface area contributed by atoms with Crippen molar-refractivity contribution < 1.29 is 14.1 Å². The van der Waals surface area contributed by atoms with Gasteiger partial charge in [-0.15, -0.1) is 10.2 Å². The summed E-state index contributed by atoms with van der Waals surface area (Å²) in [6.07, 6.45) is 2.24. The molecular weight excluding hydrogens is 416 g/mol. The van der Waals surface area contributed by atoms with Crippen molar-refractivity contribution in [3.8, 4) is 11.3 Å². The number of aryl methyl sites for hydroxylation is 1. The lowest BCUT2D eigenvalue weighted by Gasteiger charge is -2.27. The number of nitrogens with one attached hydrogen (secondary N) is 1. The molecule has 3 heterocycles. The summed E-state index contributed by atoms with van der Waals surface area (Å²) in [5.41, 5.74) is 2.80. The van der Waals surface area contributed by atoms with Crippen molar-refractivity contribution in [3.05, 3.63) is 35.9 Å². The molecule has 1 saturated carbocycles. The zero-order valence-corrected chi connectivity index (χ0v) is 18.1. The van der Waals surface area contributed by atoms with Crippen LogP contribution in [-0.4, -0.2) is 57.9 Å². The molecular formula is C21H24N6O3S. The highest BCUT2D eigenvalue weighted by atomic mass is 32.2. The molecule has 1 aliphatic carbocycles. The maximum atomic E-state index is 12.5. The summed E-state index contributed by atoms with van der Waals surface area (Å²) in [5.74, 6) is 1.26. The fourth-order valence-electron chi connectivity index (χ4n) is 3.50. The summed E-state index contributed by atoms with van der Waals surface area (Å²) in [4.78, 5) is 14.7. The van der Waals surface area contributed by atoms with Crippen LogP contribution in [0.1, 0.15) is 24.4 Å². The van der Waals surface area contributed by atoms with Gasteiger partial charge in [-0.25, -0.2) is 0 Å². The summed E-state index contributed by atoms with van der Waals surface area (Å²) >= 11 is 1.39. The van der Waals surface area contributed by atoms with Crippen molar-refractivity contribution in [1.82, 2.24) is 19.9 Å². The van der Waals surface area contributed by atoms with Crippen LogP contribution in [0.2, 0.25) is 0 Å². The van der Waals surface area contributed by atoms with E-state index in [4.69, 9.17) is 9.26 Å². The molecule has 1 N–H and O–H groups in total. The zero-order chi connectivity index (χ0) is 21.2. The number of hydrogen-bond donors (Lipinski definition) is 1. The second-order valence-electron chi connectivity index (χ2n) is 7.76. The van der Waals surface area contributed by atoms with Crippen LogP contribution in [0, 0.1) is 6.92 Å². The molecule has 0 spiro atoms.